The molecule has 1 atom stereocenters. The fourth-order valence-corrected chi connectivity index (χ4v) is 2.98. The SMILES string of the molecule is CCc1cnc(N2CCC3(CC2)C[C@@H](O)CO3)nc1. The Hall–Kier alpha value is -1.20. The van der Waals surface area contributed by atoms with E-state index in [-0.39, 0.29) is 11.7 Å². The van der Waals surface area contributed by atoms with Crippen LogP contribution in [0.4, 0.5) is 5.95 Å². The van der Waals surface area contributed by atoms with Crippen LogP contribution in [-0.4, -0.2) is 46.5 Å². The smallest absolute Gasteiger partial charge is 0.225 e. The number of hydrogen-bond acceptors (Lipinski definition) is 5. The van der Waals surface area contributed by atoms with Crippen LogP contribution >= 0.6 is 0 Å². The third kappa shape index (κ3) is 2.58. The fraction of sp³-hybridized carbons (Fsp3) is 0.714. The number of aliphatic hydroxyl groups is 1. The monoisotopic (exact) mass is 263 g/mol. The Morgan fingerprint density at radius 1 is 1.37 bits per heavy atom. The normalized spacial score (nSPS) is 26.0. The lowest BCUT2D eigenvalue weighted by Gasteiger charge is -2.38. The zero-order chi connectivity index (χ0) is 13.3. The van der Waals surface area contributed by atoms with Gasteiger partial charge in [0.1, 0.15) is 0 Å². The number of anilines is 1. The summed E-state index contributed by atoms with van der Waals surface area (Å²) in [4.78, 5) is 11.1. The summed E-state index contributed by atoms with van der Waals surface area (Å²) in [6.45, 7) is 4.39. The molecule has 1 aromatic rings. The molecular formula is C14H21N3O2. The molecule has 3 heterocycles. The third-order valence-corrected chi connectivity index (χ3v) is 4.25. The summed E-state index contributed by atoms with van der Waals surface area (Å²) in [7, 11) is 0. The third-order valence-electron chi connectivity index (χ3n) is 4.25. The summed E-state index contributed by atoms with van der Waals surface area (Å²) in [5, 5.41) is 9.62. The van der Waals surface area contributed by atoms with Crippen LogP contribution in [0, 0.1) is 0 Å². The number of aryl methyl sites for hydroxylation is 1. The summed E-state index contributed by atoms with van der Waals surface area (Å²) in [5.41, 5.74) is 1.07. The van der Waals surface area contributed by atoms with Crippen LogP contribution in [0.1, 0.15) is 31.7 Å². The molecule has 1 N–H and O–H groups in total. The van der Waals surface area contributed by atoms with E-state index in [4.69, 9.17) is 4.74 Å². The lowest BCUT2D eigenvalue weighted by atomic mass is 9.88. The summed E-state index contributed by atoms with van der Waals surface area (Å²) in [5.74, 6) is 0.811. The van der Waals surface area contributed by atoms with Crippen molar-refractivity contribution in [2.24, 2.45) is 0 Å². The van der Waals surface area contributed by atoms with Gasteiger partial charge in [0, 0.05) is 31.9 Å². The first-order valence-electron chi connectivity index (χ1n) is 7.09. The van der Waals surface area contributed by atoms with Gasteiger partial charge in [0.25, 0.3) is 0 Å². The summed E-state index contributed by atoms with van der Waals surface area (Å²) >= 11 is 0. The minimum Gasteiger partial charge on any atom is -0.391 e. The zero-order valence-corrected chi connectivity index (χ0v) is 11.4. The second kappa shape index (κ2) is 5.06. The molecule has 0 bridgehead atoms. The number of piperidine rings is 1. The van der Waals surface area contributed by atoms with Crippen molar-refractivity contribution in [1.29, 1.82) is 0 Å². The average Bonchev–Trinajstić information content (AvgIpc) is 2.81. The summed E-state index contributed by atoms with van der Waals surface area (Å²) in [6, 6.07) is 0. The standard InChI is InChI=1S/C14H21N3O2/c1-2-11-8-15-13(16-9-11)17-5-3-14(4-6-17)7-12(18)10-19-14/h8-9,12,18H,2-7,10H2,1H3/t12-/m1/s1. The number of rotatable bonds is 2. The molecule has 0 unspecified atom stereocenters. The van der Waals surface area contributed by atoms with Gasteiger partial charge in [-0.2, -0.15) is 0 Å². The minimum absolute atomic E-state index is 0.0979. The van der Waals surface area contributed by atoms with Crippen LogP contribution < -0.4 is 4.90 Å². The first-order chi connectivity index (χ1) is 9.21. The van der Waals surface area contributed by atoms with Crippen LogP contribution in [0.2, 0.25) is 0 Å². The number of aromatic nitrogens is 2. The zero-order valence-electron chi connectivity index (χ0n) is 11.4. The van der Waals surface area contributed by atoms with E-state index in [1.807, 2.05) is 12.4 Å². The van der Waals surface area contributed by atoms with E-state index in [1.54, 1.807) is 0 Å². The molecule has 1 aromatic heterocycles. The predicted octanol–water partition coefficient (Wildman–Crippen LogP) is 1.16. The Bertz CT molecular complexity index is 427. The molecule has 2 saturated heterocycles. The van der Waals surface area contributed by atoms with Gasteiger partial charge in [0.05, 0.1) is 18.3 Å². The number of nitrogens with zero attached hydrogens (tertiary/aromatic N) is 3. The van der Waals surface area contributed by atoms with Gasteiger partial charge in [0.15, 0.2) is 0 Å². The van der Waals surface area contributed by atoms with Gasteiger partial charge in [-0.25, -0.2) is 9.97 Å². The molecule has 1 spiro atoms. The van der Waals surface area contributed by atoms with E-state index in [1.165, 1.54) is 5.56 Å². The van der Waals surface area contributed by atoms with Crippen molar-refractivity contribution in [3.8, 4) is 0 Å². The second-order valence-electron chi connectivity index (χ2n) is 5.58. The van der Waals surface area contributed by atoms with Crippen molar-refractivity contribution in [2.45, 2.75) is 44.3 Å². The lowest BCUT2D eigenvalue weighted by Crippen LogP contribution is -2.44. The Morgan fingerprint density at radius 3 is 2.58 bits per heavy atom. The minimum atomic E-state index is -0.286. The van der Waals surface area contributed by atoms with Gasteiger partial charge in [0.2, 0.25) is 5.95 Å². The van der Waals surface area contributed by atoms with Gasteiger partial charge >= 0.3 is 0 Å². The highest BCUT2D eigenvalue weighted by Crippen LogP contribution is 2.36. The first-order valence-corrected chi connectivity index (χ1v) is 7.09. The van der Waals surface area contributed by atoms with E-state index in [0.29, 0.717) is 6.61 Å². The number of aliphatic hydroxyl groups excluding tert-OH is 1. The molecule has 0 saturated carbocycles. The van der Waals surface area contributed by atoms with Crippen LogP contribution in [0.15, 0.2) is 12.4 Å². The van der Waals surface area contributed by atoms with E-state index in [2.05, 4.69) is 21.8 Å². The molecule has 0 aliphatic carbocycles. The molecule has 104 valence electrons. The van der Waals surface area contributed by atoms with Crippen LogP contribution in [-0.2, 0) is 11.2 Å². The van der Waals surface area contributed by atoms with E-state index in [9.17, 15) is 5.11 Å². The summed E-state index contributed by atoms with van der Waals surface area (Å²) in [6.07, 6.45) is 7.16. The maximum atomic E-state index is 9.62. The van der Waals surface area contributed by atoms with Crippen molar-refractivity contribution < 1.29 is 9.84 Å². The molecule has 0 aromatic carbocycles. The Balaban J connectivity index is 1.63. The molecule has 2 aliphatic heterocycles. The Kier molecular flexibility index (Phi) is 3.41. The quantitative estimate of drug-likeness (QED) is 0.867. The van der Waals surface area contributed by atoms with Gasteiger partial charge < -0.3 is 14.7 Å². The van der Waals surface area contributed by atoms with Crippen molar-refractivity contribution in [1.82, 2.24) is 9.97 Å². The number of ether oxygens (including phenoxy) is 1. The average molecular weight is 263 g/mol. The molecule has 2 fully saturated rings. The Morgan fingerprint density at radius 2 is 2.05 bits per heavy atom. The van der Waals surface area contributed by atoms with Crippen molar-refractivity contribution in [3.05, 3.63) is 18.0 Å². The maximum absolute atomic E-state index is 9.62. The van der Waals surface area contributed by atoms with Crippen LogP contribution in [0.25, 0.3) is 0 Å². The maximum Gasteiger partial charge on any atom is 0.225 e. The fourth-order valence-electron chi connectivity index (χ4n) is 2.98. The molecular weight excluding hydrogens is 242 g/mol. The largest absolute Gasteiger partial charge is 0.391 e. The van der Waals surface area contributed by atoms with Gasteiger partial charge in [-0.3, -0.25) is 0 Å². The highest BCUT2D eigenvalue weighted by Gasteiger charge is 2.42. The summed E-state index contributed by atoms with van der Waals surface area (Å²) < 4.78 is 5.80. The molecule has 2 aliphatic rings. The number of hydrogen-bond donors (Lipinski definition) is 1. The van der Waals surface area contributed by atoms with Crippen LogP contribution in [0.5, 0.6) is 0 Å². The molecule has 5 nitrogen and oxygen atoms in total. The molecule has 19 heavy (non-hydrogen) atoms. The van der Waals surface area contributed by atoms with Gasteiger partial charge in [-0.15, -0.1) is 0 Å². The molecule has 0 amide bonds. The molecule has 3 rings (SSSR count). The second-order valence-corrected chi connectivity index (χ2v) is 5.58. The van der Waals surface area contributed by atoms with Crippen molar-refractivity contribution in [2.75, 3.05) is 24.6 Å². The molecule has 0 radical (unpaired) electrons. The Labute approximate surface area is 113 Å². The van der Waals surface area contributed by atoms with Crippen molar-refractivity contribution in [3.63, 3.8) is 0 Å². The van der Waals surface area contributed by atoms with E-state index >= 15 is 0 Å². The van der Waals surface area contributed by atoms with Gasteiger partial charge in [-0.05, 0) is 24.8 Å². The van der Waals surface area contributed by atoms with Gasteiger partial charge in [-0.1, -0.05) is 6.92 Å². The van der Waals surface area contributed by atoms with Crippen molar-refractivity contribution >= 4 is 5.95 Å². The first kappa shape index (κ1) is 12.8. The van der Waals surface area contributed by atoms with E-state index < -0.39 is 0 Å². The van der Waals surface area contributed by atoms with Crippen LogP contribution in [0.3, 0.4) is 0 Å². The highest BCUT2D eigenvalue weighted by atomic mass is 16.5. The highest BCUT2D eigenvalue weighted by molar-refractivity contribution is 5.31. The topological polar surface area (TPSA) is 58.5 Å². The molecule has 5 heteroatoms. The predicted molar refractivity (Wildman–Crippen MR) is 72.2 cm³/mol. The van der Waals surface area contributed by atoms with E-state index in [0.717, 1.165) is 44.7 Å². The lowest BCUT2D eigenvalue weighted by molar-refractivity contribution is -0.0168.